The highest BCUT2D eigenvalue weighted by atomic mass is 19.1. The molecule has 5 aromatic heterocycles. The van der Waals surface area contributed by atoms with Gasteiger partial charge in [-0.2, -0.15) is 0 Å². The maximum Gasteiger partial charge on any atom is 0.159 e. The minimum Gasteiger partial charge on any atom is -0.454 e. The third-order valence-corrected chi connectivity index (χ3v) is 24.1. The fourth-order valence-electron chi connectivity index (χ4n) is 17.3. The lowest BCUT2D eigenvalue weighted by atomic mass is 9.87. The third-order valence-electron chi connectivity index (χ3n) is 24.1. The molecular formula is C117H94FN5O5. The summed E-state index contributed by atoms with van der Waals surface area (Å²) in [6, 6.07) is 144. The van der Waals surface area contributed by atoms with Crippen molar-refractivity contribution in [2.24, 2.45) is 0 Å². The van der Waals surface area contributed by atoms with E-state index >= 15 is 0 Å². The molecule has 5 heterocycles. The molecule has 11 heteroatoms. The zero-order valence-electron chi connectivity index (χ0n) is 72.6. The van der Waals surface area contributed by atoms with E-state index < -0.39 is 0 Å². The van der Waals surface area contributed by atoms with Crippen molar-refractivity contribution in [3.8, 4) is 33.4 Å². The van der Waals surface area contributed by atoms with Crippen LogP contribution in [0.25, 0.3) is 143 Å². The van der Waals surface area contributed by atoms with Crippen LogP contribution in [0.5, 0.6) is 0 Å². The van der Waals surface area contributed by atoms with Crippen LogP contribution in [-0.2, 0) is 5.41 Å². The molecule has 0 unspecified atom stereocenters. The second kappa shape index (κ2) is 35.6. The predicted octanol–water partition coefficient (Wildman–Crippen LogP) is 33.2. The highest BCUT2D eigenvalue weighted by molar-refractivity contribution is 6.15. The number of halogens is 1. The van der Waals surface area contributed by atoms with Gasteiger partial charge in [-0.25, -0.2) is 4.39 Å². The maximum absolute atomic E-state index is 13.1. The Morgan fingerprint density at radius 2 is 0.422 bits per heavy atom. The van der Waals surface area contributed by atoms with Gasteiger partial charge >= 0.3 is 0 Å². The topological polar surface area (TPSA) is 81.9 Å². The van der Waals surface area contributed by atoms with Crippen LogP contribution < -0.4 is 24.5 Å². The number of hydrogen-bond donors (Lipinski definition) is 0. The van der Waals surface area contributed by atoms with Gasteiger partial charge in [-0.05, 0) is 143 Å². The fraction of sp³-hybridized carbons (Fsp3) is 0.0769. The van der Waals surface area contributed by atoms with Gasteiger partial charge in [0.2, 0.25) is 0 Å². The van der Waals surface area contributed by atoms with Gasteiger partial charge in [0.25, 0.3) is 0 Å². The molecule has 624 valence electrons. The molecule has 0 amide bonds. The van der Waals surface area contributed by atoms with Crippen molar-refractivity contribution < 1.29 is 26.5 Å². The monoisotopic (exact) mass is 1670 g/mol. The van der Waals surface area contributed by atoms with E-state index in [9.17, 15) is 4.39 Å². The van der Waals surface area contributed by atoms with Gasteiger partial charge < -0.3 is 46.6 Å². The number of fused-ring (bicyclic) bond motifs is 15. The van der Waals surface area contributed by atoms with Gasteiger partial charge in [-0.3, -0.25) is 0 Å². The van der Waals surface area contributed by atoms with Crippen molar-refractivity contribution in [1.29, 1.82) is 0 Å². The second-order valence-electron chi connectivity index (χ2n) is 33.0. The quantitative estimate of drug-likeness (QED) is 0.111. The predicted molar refractivity (Wildman–Crippen MR) is 536 cm³/mol. The molecule has 0 fully saturated rings. The number of rotatable bonds is 13. The van der Waals surface area contributed by atoms with Gasteiger partial charge in [0, 0.05) is 134 Å². The molecule has 0 spiro atoms. The van der Waals surface area contributed by atoms with Gasteiger partial charge in [0.1, 0.15) is 33.7 Å². The SMILES string of the molecule is CN(c1ccc(C(C)(C)C)cc1)c1cccc2c1oc1ccccc12.CN(c1ccc(F)cc1)c1cccc2c1oc1ccccc12.CN(c1ccccc1)c1cccc2c1oc1ccccc12.CN(c1ccccc1-c1ccccc1)c1cccc2c1oc1c(-c3ccccc3)cccc12.CN(c1ccccc1-c1ccccc1)c1cccc2c1oc1ccccc12. The summed E-state index contributed by atoms with van der Waals surface area (Å²) in [5.41, 5.74) is 28.4. The molecule has 23 aromatic rings. The lowest BCUT2D eigenvalue weighted by molar-refractivity contribution is 0.590. The van der Waals surface area contributed by atoms with Crippen molar-refractivity contribution in [3.63, 3.8) is 0 Å². The Hall–Kier alpha value is -16.1. The summed E-state index contributed by atoms with van der Waals surface area (Å²) in [7, 11) is 10.3. The van der Waals surface area contributed by atoms with Gasteiger partial charge in [0.15, 0.2) is 27.9 Å². The van der Waals surface area contributed by atoms with Crippen LogP contribution in [0.4, 0.5) is 61.3 Å². The van der Waals surface area contributed by atoms with Crippen molar-refractivity contribution in [1.82, 2.24) is 0 Å². The zero-order valence-corrected chi connectivity index (χ0v) is 72.6. The summed E-state index contributed by atoms with van der Waals surface area (Å²) in [5, 5.41) is 11.4. The van der Waals surface area contributed by atoms with E-state index in [0.29, 0.717) is 0 Å². The molecule has 0 aliphatic rings. The van der Waals surface area contributed by atoms with Crippen LogP contribution in [0.15, 0.2) is 447 Å². The first-order valence-electron chi connectivity index (χ1n) is 43.2. The molecule has 0 aliphatic heterocycles. The summed E-state index contributed by atoms with van der Waals surface area (Å²) < 4.78 is 44.2. The number of hydrogen-bond acceptors (Lipinski definition) is 10. The zero-order chi connectivity index (χ0) is 87.4. The van der Waals surface area contributed by atoms with Crippen LogP contribution in [-0.4, -0.2) is 35.2 Å². The number of benzene rings is 18. The molecule has 0 atom stereocenters. The van der Waals surface area contributed by atoms with E-state index in [-0.39, 0.29) is 11.2 Å². The minimum atomic E-state index is -0.237. The molecule has 18 aromatic carbocycles. The largest absolute Gasteiger partial charge is 0.454 e. The standard InChI is InChI=1S/C31H23NO.C25H19NO.C23H23NO.C19H14FNO.C19H15NO/c1-32(28-20-9-8-16-24(28)22-12-4-2-5-13-22)29-21-11-19-27-26-18-10-17-25(30(26)33-31(27)29)23-14-6-3-7-15-23;1-26(22-15-7-5-12-19(22)18-10-3-2-4-11-18)23-16-9-14-21-20-13-6-8-17-24(20)27-25(21)23;1-23(2,3)16-12-14-17(15-13-16)24(4)20-10-7-9-19-18-8-5-6-11-21(18)25-22(19)20;1-21(14-11-9-13(20)10-12-14)17-7-4-6-16-15-5-2-3-8-18(15)22-19(16)17;1-20(14-8-3-2-4-9-14)17-12-7-11-16-15-10-5-6-13-18(15)21-19(16)17/h2-21H,1H3;2-17H,1H3;5-15H,1-4H3;2-12H,1H3;2-13H,1H3. The van der Waals surface area contributed by atoms with Crippen molar-refractivity contribution in [2.75, 3.05) is 59.7 Å². The molecule has 0 saturated heterocycles. The normalized spacial score (nSPS) is 11.3. The van der Waals surface area contributed by atoms with Crippen molar-refractivity contribution in [2.45, 2.75) is 26.2 Å². The highest BCUT2D eigenvalue weighted by Crippen LogP contribution is 2.47. The summed E-state index contributed by atoms with van der Waals surface area (Å²) >= 11 is 0. The summed E-state index contributed by atoms with van der Waals surface area (Å²) in [4.78, 5) is 10.8. The first-order valence-corrected chi connectivity index (χ1v) is 43.2. The van der Waals surface area contributed by atoms with Crippen LogP contribution in [0.2, 0.25) is 0 Å². The van der Waals surface area contributed by atoms with Gasteiger partial charge in [-0.15, -0.1) is 0 Å². The Bertz CT molecular complexity index is 7850. The van der Waals surface area contributed by atoms with E-state index in [1.807, 2.05) is 115 Å². The molecule has 0 bridgehead atoms. The maximum atomic E-state index is 13.1. The summed E-state index contributed by atoms with van der Waals surface area (Å²) in [6.45, 7) is 6.71. The number of furan rings is 5. The van der Waals surface area contributed by atoms with Crippen LogP contribution in [0.1, 0.15) is 26.3 Å². The summed E-state index contributed by atoms with van der Waals surface area (Å²) in [6.07, 6.45) is 0. The number of anilines is 10. The lowest BCUT2D eigenvalue weighted by Gasteiger charge is -2.23. The van der Waals surface area contributed by atoms with Gasteiger partial charge in [0.05, 0.1) is 28.4 Å². The minimum absolute atomic E-state index is 0.163. The van der Waals surface area contributed by atoms with E-state index in [2.05, 4.69) is 366 Å². The Balaban J connectivity index is 0.000000105. The number of nitrogens with zero attached hydrogens (tertiary/aromatic N) is 5. The Morgan fingerprint density at radius 1 is 0.188 bits per heavy atom. The van der Waals surface area contributed by atoms with Crippen LogP contribution in [0, 0.1) is 5.82 Å². The third kappa shape index (κ3) is 16.2. The van der Waals surface area contributed by atoms with E-state index in [4.69, 9.17) is 22.1 Å². The summed E-state index contributed by atoms with van der Waals surface area (Å²) in [5.74, 6) is -0.237. The van der Waals surface area contributed by atoms with E-state index in [1.165, 1.54) is 39.9 Å². The molecule has 0 aliphatic carbocycles. The van der Waals surface area contributed by atoms with E-state index in [0.717, 1.165) is 178 Å². The van der Waals surface area contributed by atoms with Crippen LogP contribution in [0.3, 0.4) is 0 Å². The molecule has 10 nitrogen and oxygen atoms in total. The highest BCUT2D eigenvalue weighted by Gasteiger charge is 2.24. The van der Waals surface area contributed by atoms with Gasteiger partial charge in [-0.1, -0.05) is 330 Å². The molecule has 128 heavy (non-hydrogen) atoms. The average molecular weight is 1670 g/mol. The number of para-hydroxylation sites is 13. The molecule has 0 radical (unpaired) electrons. The Morgan fingerprint density at radius 3 is 0.773 bits per heavy atom. The lowest BCUT2D eigenvalue weighted by Crippen LogP contribution is -2.13. The molecule has 0 saturated carbocycles. The van der Waals surface area contributed by atoms with E-state index in [1.54, 1.807) is 12.1 Å². The van der Waals surface area contributed by atoms with Crippen molar-refractivity contribution >= 4 is 167 Å². The average Bonchev–Trinajstić information content (AvgIpc) is 1.59. The van der Waals surface area contributed by atoms with Crippen molar-refractivity contribution in [3.05, 3.63) is 436 Å². The first kappa shape index (κ1) is 81.6. The molecule has 23 rings (SSSR count). The first-order chi connectivity index (χ1) is 62.7. The second-order valence-corrected chi connectivity index (χ2v) is 33.0. The molecule has 0 N–H and O–H groups in total. The fourth-order valence-corrected chi connectivity index (χ4v) is 17.3. The van der Waals surface area contributed by atoms with Crippen LogP contribution >= 0.6 is 0 Å². The Labute approximate surface area is 743 Å². The smallest absolute Gasteiger partial charge is 0.159 e. The Kier molecular flexibility index (Phi) is 22.7. The molecular weight excluding hydrogens is 1570 g/mol.